The summed E-state index contributed by atoms with van der Waals surface area (Å²) >= 11 is 0. The summed E-state index contributed by atoms with van der Waals surface area (Å²) in [5.41, 5.74) is 3.10. The number of para-hydroxylation sites is 1. The van der Waals surface area contributed by atoms with Crippen molar-refractivity contribution in [3.63, 3.8) is 0 Å². The molecule has 3 N–H and O–H groups in total. The van der Waals surface area contributed by atoms with Gasteiger partial charge in [-0.2, -0.15) is 5.10 Å². The zero-order valence-corrected chi connectivity index (χ0v) is 19.6. The van der Waals surface area contributed by atoms with Crippen molar-refractivity contribution in [1.82, 2.24) is 40.2 Å². The van der Waals surface area contributed by atoms with Crippen LogP contribution in [0.1, 0.15) is 37.8 Å². The van der Waals surface area contributed by atoms with E-state index in [2.05, 4.69) is 40.9 Å². The number of aromatic nitrogens is 7. The Hall–Kier alpha value is -4.61. The molecule has 0 aliphatic carbocycles. The minimum Gasteiger partial charge on any atom is -0.364 e. The Morgan fingerprint density at radius 1 is 1.00 bits per heavy atom. The Bertz CT molecular complexity index is 1530. The second kappa shape index (κ2) is 8.63. The Morgan fingerprint density at radius 2 is 1.86 bits per heavy atom. The standard InChI is InChI=1S/C23H25N11O/c1-12-9-18(26-13(2)25-12)29-19-10-16(21(31-30-19)23(35)24-4)28-15-7-6-8-17-22(15)33(5)11-20-27-14(3)32-34(17)20/h6-10H,11H2,1-5H3,(H,24,35)(H2,25,26,28,29,30)/i4D3. The fraction of sp³-hybridized carbons (Fsp3) is 0.261. The molecule has 0 radical (unpaired) electrons. The number of anilines is 5. The van der Waals surface area contributed by atoms with Gasteiger partial charge in [0, 0.05) is 36.0 Å². The maximum atomic E-state index is 12.9. The number of carbonyl (C=O) groups excluding carboxylic acids is 1. The van der Waals surface area contributed by atoms with E-state index < -0.39 is 12.9 Å². The van der Waals surface area contributed by atoms with Gasteiger partial charge in [-0.1, -0.05) is 6.07 Å². The molecule has 1 amide bonds. The summed E-state index contributed by atoms with van der Waals surface area (Å²) in [6, 6.07) is 8.94. The van der Waals surface area contributed by atoms with Crippen LogP contribution in [0.2, 0.25) is 0 Å². The van der Waals surface area contributed by atoms with Gasteiger partial charge in [-0.3, -0.25) is 4.79 Å². The molecule has 5 rings (SSSR count). The molecule has 0 saturated carbocycles. The van der Waals surface area contributed by atoms with E-state index in [0.29, 0.717) is 35.5 Å². The first-order valence-electron chi connectivity index (χ1n) is 12.3. The molecule has 1 aliphatic rings. The first-order valence-corrected chi connectivity index (χ1v) is 10.8. The van der Waals surface area contributed by atoms with Crippen molar-refractivity contribution in [2.24, 2.45) is 0 Å². The van der Waals surface area contributed by atoms with E-state index in [1.165, 1.54) is 0 Å². The second-order valence-corrected chi connectivity index (χ2v) is 8.15. The van der Waals surface area contributed by atoms with E-state index in [0.717, 1.165) is 22.9 Å². The zero-order valence-electron chi connectivity index (χ0n) is 22.6. The molecule has 0 fully saturated rings. The molecule has 35 heavy (non-hydrogen) atoms. The van der Waals surface area contributed by atoms with Gasteiger partial charge in [0.1, 0.15) is 17.5 Å². The lowest BCUT2D eigenvalue weighted by Crippen LogP contribution is -2.27. The van der Waals surface area contributed by atoms with Gasteiger partial charge < -0.3 is 20.9 Å². The number of aryl methyl sites for hydroxylation is 3. The number of carbonyl (C=O) groups is 1. The SMILES string of the molecule is [2H]C([2H])([2H])NC(=O)c1nnc(Nc2cc(C)nc(C)n2)cc1Nc1cccc2c1N(C)Cc1nc(C)nn1-2. The fourth-order valence-corrected chi connectivity index (χ4v) is 4.08. The van der Waals surface area contributed by atoms with Crippen LogP contribution in [-0.4, -0.2) is 54.9 Å². The van der Waals surface area contributed by atoms with Gasteiger partial charge >= 0.3 is 0 Å². The number of hydrogen-bond donors (Lipinski definition) is 3. The minimum atomic E-state index is -2.70. The Kier molecular flexibility index (Phi) is 4.63. The summed E-state index contributed by atoms with van der Waals surface area (Å²) in [7, 11) is 1.93. The van der Waals surface area contributed by atoms with E-state index >= 15 is 0 Å². The molecule has 3 aromatic heterocycles. The third-order valence-corrected chi connectivity index (χ3v) is 5.40. The first kappa shape index (κ1) is 18.8. The molecule has 12 heteroatoms. The smallest absolute Gasteiger partial charge is 0.273 e. The second-order valence-electron chi connectivity index (χ2n) is 8.15. The van der Waals surface area contributed by atoms with Gasteiger partial charge in [0.15, 0.2) is 17.3 Å². The topological polar surface area (TPSA) is 139 Å². The van der Waals surface area contributed by atoms with E-state index in [9.17, 15) is 4.79 Å². The lowest BCUT2D eigenvalue weighted by Gasteiger charge is -2.29. The molecule has 1 aromatic carbocycles. The van der Waals surface area contributed by atoms with Crippen LogP contribution in [0.4, 0.5) is 28.7 Å². The lowest BCUT2D eigenvalue weighted by atomic mass is 10.1. The van der Waals surface area contributed by atoms with Crippen molar-refractivity contribution in [1.29, 1.82) is 0 Å². The summed E-state index contributed by atoms with van der Waals surface area (Å²) < 4.78 is 24.1. The largest absolute Gasteiger partial charge is 0.364 e. The van der Waals surface area contributed by atoms with Crippen molar-refractivity contribution in [2.75, 3.05) is 29.6 Å². The van der Waals surface area contributed by atoms with Gasteiger partial charge in [-0.25, -0.2) is 19.6 Å². The quantitative estimate of drug-likeness (QED) is 0.395. The van der Waals surface area contributed by atoms with Crippen LogP contribution in [0.3, 0.4) is 0 Å². The number of benzene rings is 1. The molecule has 1 aliphatic heterocycles. The van der Waals surface area contributed by atoms with Gasteiger partial charge in [-0.05, 0) is 32.9 Å². The maximum absolute atomic E-state index is 12.9. The van der Waals surface area contributed by atoms with E-state index in [4.69, 9.17) is 4.11 Å². The average Bonchev–Trinajstić information content (AvgIpc) is 3.17. The highest BCUT2D eigenvalue weighted by Crippen LogP contribution is 2.38. The molecule has 0 bridgehead atoms. The highest BCUT2D eigenvalue weighted by Gasteiger charge is 2.26. The predicted octanol–water partition coefficient (Wildman–Crippen LogP) is 2.57. The Morgan fingerprint density at radius 3 is 2.66 bits per heavy atom. The fourth-order valence-electron chi connectivity index (χ4n) is 4.08. The molecule has 4 aromatic rings. The number of hydrogen-bond acceptors (Lipinski definition) is 10. The Labute approximate surface area is 206 Å². The summed E-state index contributed by atoms with van der Waals surface area (Å²) in [5.74, 6) is 1.94. The van der Waals surface area contributed by atoms with Crippen LogP contribution in [0.25, 0.3) is 5.69 Å². The third-order valence-electron chi connectivity index (χ3n) is 5.40. The molecule has 178 valence electrons. The van der Waals surface area contributed by atoms with Crippen molar-refractivity contribution < 1.29 is 8.91 Å². The normalized spacial score (nSPS) is 13.7. The molecule has 12 nitrogen and oxygen atoms in total. The Balaban J connectivity index is 1.57. The van der Waals surface area contributed by atoms with Crippen molar-refractivity contribution in [3.05, 3.63) is 59.2 Å². The molecule has 0 unspecified atom stereocenters. The first-order chi connectivity index (χ1) is 18.0. The number of nitrogens with one attached hydrogen (secondary N) is 3. The van der Waals surface area contributed by atoms with Crippen molar-refractivity contribution in [3.8, 4) is 5.69 Å². The third kappa shape index (κ3) is 4.21. The average molecular weight is 475 g/mol. The molecular weight excluding hydrogens is 446 g/mol. The van der Waals surface area contributed by atoms with Crippen LogP contribution in [0.5, 0.6) is 0 Å². The summed E-state index contributed by atoms with van der Waals surface area (Å²) in [5, 5.41) is 21.0. The van der Waals surface area contributed by atoms with Gasteiger partial charge in [0.05, 0.1) is 29.3 Å². The molecule has 0 atom stereocenters. The number of fused-ring (bicyclic) bond motifs is 3. The summed E-state index contributed by atoms with van der Waals surface area (Å²) in [6.45, 7) is 3.28. The van der Waals surface area contributed by atoms with E-state index in [-0.39, 0.29) is 11.4 Å². The van der Waals surface area contributed by atoms with Crippen LogP contribution in [0.15, 0.2) is 30.3 Å². The predicted molar refractivity (Wildman–Crippen MR) is 132 cm³/mol. The van der Waals surface area contributed by atoms with Crippen molar-refractivity contribution >= 4 is 34.6 Å². The van der Waals surface area contributed by atoms with Crippen LogP contribution in [0, 0.1) is 20.8 Å². The summed E-state index contributed by atoms with van der Waals surface area (Å²) in [6.07, 6.45) is 0. The molecule has 4 heterocycles. The summed E-state index contributed by atoms with van der Waals surface area (Å²) in [4.78, 5) is 28.0. The highest BCUT2D eigenvalue weighted by atomic mass is 16.1. The van der Waals surface area contributed by atoms with Crippen LogP contribution in [-0.2, 0) is 6.54 Å². The van der Waals surface area contributed by atoms with Crippen molar-refractivity contribution in [2.45, 2.75) is 27.3 Å². The monoisotopic (exact) mass is 474 g/mol. The number of nitrogens with zero attached hydrogens (tertiary/aromatic N) is 8. The van der Waals surface area contributed by atoms with Crippen LogP contribution < -0.4 is 20.9 Å². The lowest BCUT2D eigenvalue weighted by molar-refractivity contribution is 0.0958. The van der Waals surface area contributed by atoms with Gasteiger partial charge in [0.2, 0.25) is 0 Å². The maximum Gasteiger partial charge on any atom is 0.273 e. The van der Waals surface area contributed by atoms with Gasteiger partial charge in [0.25, 0.3) is 5.91 Å². The highest BCUT2D eigenvalue weighted by molar-refractivity contribution is 5.99. The number of rotatable bonds is 5. The van der Waals surface area contributed by atoms with Gasteiger partial charge in [-0.15, -0.1) is 10.2 Å². The van der Waals surface area contributed by atoms with E-state index in [1.54, 1.807) is 23.7 Å². The molecule has 0 saturated heterocycles. The van der Waals surface area contributed by atoms with Crippen LogP contribution >= 0.6 is 0 Å². The minimum absolute atomic E-state index is 0.185. The molecule has 0 spiro atoms. The number of amides is 1. The van der Waals surface area contributed by atoms with E-state index in [1.807, 2.05) is 49.3 Å². The molecular formula is C23H25N11O. The zero-order chi connectivity index (χ0) is 27.2.